The zero-order valence-electron chi connectivity index (χ0n) is 13.1. The second kappa shape index (κ2) is 7.80. The number of carbonyl (C=O) groups excluding carboxylic acids is 1. The molecule has 0 aromatic heterocycles. The molecule has 0 aromatic carbocycles. The number of hydrogen-bond donors (Lipinski definition) is 1. The van der Waals surface area contributed by atoms with Crippen LogP contribution in [-0.4, -0.2) is 49.2 Å². The van der Waals surface area contributed by atoms with Crippen LogP contribution in [0, 0.1) is 11.8 Å². The SMILES string of the molecule is CC1CCC(N(CC2CCCO2)C(=O)C2CNC2)CC1.Cl. The summed E-state index contributed by atoms with van der Waals surface area (Å²) in [6.07, 6.45) is 7.45. The molecule has 2 saturated heterocycles. The summed E-state index contributed by atoms with van der Waals surface area (Å²) in [6.45, 7) is 5.76. The van der Waals surface area contributed by atoms with E-state index in [1.807, 2.05) is 0 Å². The van der Waals surface area contributed by atoms with E-state index in [1.165, 1.54) is 25.7 Å². The van der Waals surface area contributed by atoms with Crippen molar-refractivity contribution in [3.63, 3.8) is 0 Å². The highest BCUT2D eigenvalue weighted by molar-refractivity contribution is 5.85. The molecule has 21 heavy (non-hydrogen) atoms. The minimum absolute atomic E-state index is 0. The third-order valence-corrected chi connectivity index (χ3v) is 5.26. The molecule has 0 aromatic rings. The van der Waals surface area contributed by atoms with E-state index in [0.717, 1.165) is 45.0 Å². The number of rotatable bonds is 4. The van der Waals surface area contributed by atoms with Crippen molar-refractivity contribution in [2.24, 2.45) is 11.8 Å². The van der Waals surface area contributed by atoms with Crippen molar-refractivity contribution < 1.29 is 9.53 Å². The second-order valence-corrected chi connectivity index (χ2v) is 6.89. The summed E-state index contributed by atoms with van der Waals surface area (Å²) in [5.41, 5.74) is 0. The van der Waals surface area contributed by atoms with Crippen LogP contribution in [-0.2, 0) is 9.53 Å². The van der Waals surface area contributed by atoms with Gasteiger partial charge in [0, 0.05) is 32.3 Å². The molecule has 0 bridgehead atoms. The maximum absolute atomic E-state index is 12.7. The highest BCUT2D eigenvalue weighted by atomic mass is 35.5. The Balaban J connectivity index is 0.00000161. The van der Waals surface area contributed by atoms with Gasteiger partial charge in [-0.1, -0.05) is 6.92 Å². The van der Waals surface area contributed by atoms with Gasteiger partial charge in [-0.05, 0) is 44.4 Å². The molecule has 3 fully saturated rings. The number of ether oxygens (including phenoxy) is 1. The van der Waals surface area contributed by atoms with Gasteiger partial charge in [0.05, 0.1) is 12.0 Å². The lowest BCUT2D eigenvalue weighted by Gasteiger charge is -2.41. The number of nitrogens with zero attached hydrogens (tertiary/aromatic N) is 1. The molecular formula is C16H29ClN2O2. The Hall–Kier alpha value is -0.320. The van der Waals surface area contributed by atoms with Crippen molar-refractivity contribution in [2.45, 2.75) is 57.6 Å². The third-order valence-electron chi connectivity index (χ3n) is 5.26. The molecule has 2 aliphatic heterocycles. The maximum Gasteiger partial charge on any atom is 0.228 e. The van der Waals surface area contributed by atoms with Crippen LogP contribution < -0.4 is 5.32 Å². The van der Waals surface area contributed by atoms with Crippen molar-refractivity contribution >= 4 is 18.3 Å². The fraction of sp³-hybridized carbons (Fsp3) is 0.938. The van der Waals surface area contributed by atoms with Crippen LogP contribution in [0.3, 0.4) is 0 Å². The normalized spacial score (nSPS) is 33.1. The summed E-state index contributed by atoms with van der Waals surface area (Å²) in [5, 5.41) is 3.22. The van der Waals surface area contributed by atoms with Crippen LogP contribution in [0.2, 0.25) is 0 Å². The molecule has 1 unspecified atom stereocenters. The van der Waals surface area contributed by atoms with Gasteiger partial charge in [-0.15, -0.1) is 12.4 Å². The number of halogens is 1. The molecule has 2 heterocycles. The monoisotopic (exact) mass is 316 g/mol. The van der Waals surface area contributed by atoms with E-state index in [2.05, 4.69) is 17.1 Å². The molecule has 1 atom stereocenters. The minimum atomic E-state index is 0. The first-order valence-corrected chi connectivity index (χ1v) is 8.37. The zero-order chi connectivity index (χ0) is 13.9. The van der Waals surface area contributed by atoms with Crippen LogP contribution in [0.4, 0.5) is 0 Å². The van der Waals surface area contributed by atoms with E-state index in [4.69, 9.17) is 4.74 Å². The van der Waals surface area contributed by atoms with E-state index in [0.29, 0.717) is 11.9 Å². The van der Waals surface area contributed by atoms with Crippen molar-refractivity contribution in [3.05, 3.63) is 0 Å². The fourth-order valence-electron chi connectivity index (χ4n) is 3.68. The fourth-order valence-corrected chi connectivity index (χ4v) is 3.68. The Morgan fingerprint density at radius 2 is 1.90 bits per heavy atom. The Morgan fingerprint density at radius 3 is 2.43 bits per heavy atom. The van der Waals surface area contributed by atoms with E-state index in [9.17, 15) is 4.79 Å². The van der Waals surface area contributed by atoms with E-state index in [1.54, 1.807) is 0 Å². The van der Waals surface area contributed by atoms with Crippen molar-refractivity contribution in [1.82, 2.24) is 10.2 Å². The molecule has 1 N–H and O–H groups in total. The Kier molecular flexibility index (Phi) is 6.33. The van der Waals surface area contributed by atoms with Crippen molar-refractivity contribution in [3.8, 4) is 0 Å². The van der Waals surface area contributed by atoms with Gasteiger partial charge in [0.2, 0.25) is 5.91 Å². The van der Waals surface area contributed by atoms with E-state index < -0.39 is 0 Å². The lowest BCUT2D eigenvalue weighted by molar-refractivity contribution is -0.142. The average Bonchev–Trinajstić information content (AvgIpc) is 2.88. The quantitative estimate of drug-likeness (QED) is 0.864. The second-order valence-electron chi connectivity index (χ2n) is 6.89. The topological polar surface area (TPSA) is 41.6 Å². The van der Waals surface area contributed by atoms with Gasteiger partial charge in [-0.3, -0.25) is 4.79 Å². The molecule has 0 spiro atoms. The molecular weight excluding hydrogens is 288 g/mol. The molecule has 0 radical (unpaired) electrons. The molecule has 122 valence electrons. The first-order chi connectivity index (χ1) is 9.74. The van der Waals surface area contributed by atoms with Crippen LogP contribution >= 0.6 is 12.4 Å². The number of carbonyl (C=O) groups is 1. The van der Waals surface area contributed by atoms with E-state index in [-0.39, 0.29) is 24.4 Å². The Labute approximate surface area is 134 Å². The molecule has 1 saturated carbocycles. The first kappa shape index (κ1) is 17.0. The van der Waals surface area contributed by atoms with Crippen LogP contribution in [0.1, 0.15) is 45.4 Å². The van der Waals surface area contributed by atoms with Gasteiger partial charge >= 0.3 is 0 Å². The maximum atomic E-state index is 12.7. The Morgan fingerprint density at radius 1 is 1.19 bits per heavy atom. The first-order valence-electron chi connectivity index (χ1n) is 8.37. The van der Waals surface area contributed by atoms with Crippen molar-refractivity contribution in [2.75, 3.05) is 26.2 Å². The smallest absolute Gasteiger partial charge is 0.228 e. The average molecular weight is 317 g/mol. The highest BCUT2D eigenvalue weighted by Gasteiger charge is 2.36. The van der Waals surface area contributed by atoms with Gasteiger partial charge in [0.1, 0.15) is 0 Å². The third kappa shape index (κ3) is 4.11. The van der Waals surface area contributed by atoms with Crippen LogP contribution in [0.15, 0.2) is 0 Å². The van der Waals surface area contributed by atoms with Crippen LogP contribution in [0.25, 0.3) is 0 Å². The summed E-state index contributed by atoms with van der Waals surface area (Å²) >= 11 is 0. The summed E-state index contributed by atoms with van der Waals surface area (Å²) in [6, 6.07) is 0.462. The summed E-state index contributed by atoms with van der Waals surface area (Å²) in [5.74, 6) is 1.42. The number of hydrogen-bond acceptors (Lipinski definition) is 3. The largest absolute Gasteiger partial charge is 0.376 e. The van der Waals surface area contributed by atoms with Crippen molar-refractivity contribution in [1.29, 1.82) is 0 Å². The number of nitrogens with one attached hydrogen (secondary N) is 1. The molecule has 1 amide bonds. The number of amides is 1. The van der Waals surface area contributed by atoms with Crippen LogP contribution in [0.5, 0.6) is 0 Å². The zero-order valence-corrected chi connectivity index (χ0v) is 13.9. The molecule has 3 aliphatic rings. The minimum Gasteiger partial charge on any atom is -0.376 e. The molecule has 5 heteroatoms. The molecule has 1 aliphatic carbocycles. The van der Waals surface area contributed by atoms with Gasteiger partial charge in [0.15, 0.2) is 0 Å². The predicted molar refractivity (Wildman–Crippen MR) is 85.7 cm³/mol. The van der Waals surface area contributed by atoms with E-state index >= 15 is 0 Å². The van der Waals surface area contributed by atoms with Gasteiger partial charge in [-0.25, -0.2) is 0 Å². The predicted octanol–water partition coefficient (Wildman–Crippen LogP) is 2.21. The van der Waals surface area contributed by atoms with Gasteiger partial charge in [-0.2, -0.15) is 0 Å². The molecule has 3 rings (SSSR count). The van der Waals surface area contributed by atoms with Gasteiger partial charge < -0.3 is 15.0 Å². The molecule has 4 nitrogen and oxygen atoms in total. The summed E-state index contributed by atoms with van der Waals surface area (Å²) < 4.78 is 5.77. The summed E-state index contributed by atoms with van der Waals surface area (Å²) in [7, 11) is 0. The lowest BCUT2D eigenvalue weighted by atomic mass is 9.85. The standard InChI is InChI=1S/C16H28N2O2.ClH/c1-12-4-6-14(7-5-12)18(11-15-3-2-8-20-15)16(19)13-9-17-10-13;/h12-15,17H,2-11H2,1H3;1H. The summed E-state index contributed by atoms with van der Waals surface area (Å²) in [4.78, 5) is 14.9. The van der Waals surface area contributed by atoms with Gasteiger partial charge in [0.25, 0.3) is 0 Å². The lowest BCUT2D eigenvalue weighted by Crippen LogP contribution is -2.56. The Bertz CT molecular complexity index is 335. The highest BCUT2D eigenvalue weighted by Crippen LogP contribution is 2.29.